The van der Waals surface area contributed by atoms with Crippen LogP contribution in [0.25, 0.3) is 22.3 Å². The van der Waals surface area contributed by atoms with Crippen LogP contribution >= 0.6 is 23.2 Å². The topological polar surface area (TPSA) is 56.5 Å². The van der Waals surface area contributed by atoms with Crippen molar-refractivity contribution in [1.29, 1.82) is 0 Å². The molecule has 0 aliphatic heterocycles. The number of nitrogens with zero attached hydrogens (tertiary/aromatic N) is 3. The van der Waals surface area contributed by atoms with Crippen molar-refractivity contribution in [1.82, 2.24) is 9.66 Å². The number of para-hydroxylation sites is 2. The summed E-state index contributed by atoms with van der Waals surface area (Å²) in [6.45, 7) is 0.189. The summed E-state index contributed by atoms with van der Waals surface area (Å²) in [6, 6.07) is 23.3. The summed E-state index contributed by atoms with van der Waals surface area (Å²) in [6.07, 6.45) is -3.16. The van der Waals surface area contributed by atoms with Gasteiger partial charge >= 0.3 is 6.18 Å². The van der Waals surface area contributed by atoms with Crippen LogP contribution in [0.2, 0.25) is 10.0 Å². The van der Waals surface area contributed by atoms with Gasteiger partial charge in [-0.05, 0) is 54.1 Å². The molecule has 0 radical (unpaired) electrons. The Morgan fingerprint density at radius 1 is 0.897 bits per heavy atom. The number of aromatic nitrogens is 2. The first kappa shape index (κ1) is 26.5. The molecule has 196 valence electrons. The highest BCUT2D eigenvalue weighted by atomic mass is 35.5. The molecule has 10 heteroatoms. The fraction of sp³-hybridized carbons (Fsp3) is 0.0690. The Morgan fingerprint density at radius 2 is 1.67 bits per heavy atom. The molecule has 5 nitrogen and oxygen atoms in total. The number of fused-ring (bicyclic) bond motifs is 1. The molecule has 0 fully saturated rings. The van der Waals surface area contributed by atoms with E-state index < -0.39 is 17.3 Å². The fourth-order valence-electron chi connectivity index (χ4n) is 3.88. The van der Waals surface area contributed by atoms with Gasteiger partial charge < -0.3 is 4.74 Å². The molecule has 0 aliphatic rings. The molecule has 4 aromatic carbocycles. The molecule has 0 spiro atoms. The minimum absolute atomic E-state index is 0.0322. The zero-order valence-corrected chi connectivity index (χ0v) is 21.5. The molecule has 39 heavy (non-hydrogen) atoms. The van der Waals surface area contributed by atoms with Gasteiger partial charge in [-0.1, -0.05) is 65.7 Å². The normalized spacial score (nSPS) is 11.8. The zero-order valence-electron chi connectivity index (χ0n) is 20.0. The molecule has 0 N–H and O–H groups in total. The van der Waals surface area contributed by atoms with Gasteiger partial charge in [-0.15, -0.1) is 0 Å². The van der Waals surface area contributed by atoms with E-state index in [1.807, 2.05) is 0 Å². The van der Waals surface area contributed by atoms with Crippen LogP contribution < -0.4 is 10.3 Å². The highest BCUT2D eigenvalue weighted by molar-refractivity contribution is 6.42. The van der Waals surface area contributed by atoms with Gasteiger partial charge in [-0.25, -0.2) is 4.98 Å². The molecule has 0 bridgehead atoms. The SMILES string of the molecule is O=c1c2ccccc2nc(-c2cccc(C(F)(F)F)c2)n1N=Cc1ccccc1OCc1ccc(Cl)c(Cl)c1. The molecule has 0 saturated heterocycles. The van der Waals surface area contributed by atoms with Gasteiger partial charge in [-0.2, -0.15) is 22.9 Å². The van der Waals surface area contributed by atoms with Crippen molar-refractivity contribution in [2.75, 3.05) is 0 Å². The van der Waals surface area contributed by atoms with Gasteiger partial charge in [-0.3, -0.25) is 4.79 Å². The minimum Gasteiger partial charge on any atom is -0.488 e. The number of rotatable bonds is 6. The predicted octanol–water partition coefficient (Wildman–Crippen LogP) is 7.85. The van der Waals surface area contributed by atoms with E-state index in [9.17, 15) is 18.0 Å². The maximum Gasteiger partial charge on any atom is 0.416 e. The maximum absolute atomic E-state index is 13.4. The summed E-state index contributed by atoms with van der Waals surface area (Å²) in [5.74, 6) is 0.435. The average molecular weight is 568 g/mol. The predicted molar refractivity (Wildman–Crippen MR) is 147 cm³/mol. The summed E-state index contributed by atoms with van der Waals surface area (Å²) in [4.78, 5) is 17.9. The number of halogens is 5. The summed E-state index contributed by atoms with van der Waals surface area (Å²) in [5.41, 5.74) is 0.365. The van der Waals surface area contributed by atoms with Gasteiger partial charge in [0.1, 0.15) is 12.4 Å². The first-order chi connectivity index (χ1) is 18.7. The molecular formula is C29H18Cl2F3N3O2. The monoisotopic (exact) mass is 567 g/mol. The third-order valence-electron chi connectivity index (χ3n) is 5.81. The second-order valence-electron chi connectivity index (χ2n) is 8.47. The van der Waals surface area contributed by atoms with E-state index in [-0.39, 0.29) is 23.4 Å². The summed E-state index contributed by atoms with van der Waals surface area (Å²) >= 11 is 12.1. The summed E-state index contributed by atoms with van der Waals surface area (Å²) in [7, 11) is 0. The van der Waals surface area contributed by atoms with Crippen molar-refractivity contribution in [3.05, 3.63) is 128 Å². The van der Waals surface area contributed by atoms with Crippen molar-refractivity contribution >= 4 is 40.3 Å². The Hall–Kier alpha value is -4.14. The number of hydrogen-bond donors (Lipinski definition) is 0. The first-order valence-corrected chi connectivity index (χ1v) is 12.4. The van der Waals surface area contributed by atoms with E-state index in [4.69, 9.17) is 27.9 Å². The van der Waals surface area contributed by atoms with E-state index in [1.165, 1.54) is 18.3 Å². The number of hydrogen-bond acceptors (Lipinski definition) is 4. The highest BCUT2D eigenvalue weighted by Gasteiger charge is 2.31. The van der Waals surface area contributed by atoms with Crippen molar-refractivity contribution < 1.29 is 17.9 Å². The van der Waals surface area contributed by atoms with Crippen molar-refractivity contribution in [2.24, 2.45) is 5.10 Å². The van der Waals surface area contributed by atoms with Crippen LogP contribution in [-0.2, 0) is 12.8 Å². The Balaban J connectivity index is 1.56. The summed E-state index contributed by atoms with van der Waals surface area (Å²) in [5, 5.41) is 5.46. The van der Waals surface area contributed by atoms with Gasteiger partial charge in [0, 0.05) is 11.1 Å². The molecular weight excluding hydrogens is 550 g/mol. The van der Waals surface area contributed by atoms with E-state index in [0.717, 1.165) is 22.4 Å². The van der Waals surface area contributed by atoms with E-state index in [1.54, 1.807) is 66.7 Å². The molecule has 1 aromatic heterocycles. The average Bonchev–Trinajstić information content (AvgIpc) is 2.93. The molecule has 0 aliphatic carbocycles. The lowest BCUT2D eigenvalue weighted by atomic mass is 10.1. The Kier molecular flexibility index (Phi) is 7.41. The Bertz CT molecular complexity index is 1770. The molecule has 0 unspecified atom stereocenters. The van der Waals surface area contributed by atoms with Gasteiger partial charge in [0.05, 0.1) is 32.7 Å². The Labute approximate surface area is 230 Å². The zero-order chi connectivity index (χ0) is 27.6. The maximum atomic E-state index is 13.4. The van der Waals surface area contributed by atoms with Crippen molar-refractivity contribution in [2.45, 2.75) is 12.8 Å². The quantitative estimate of drug-likeness (QED) is 0.196. The van der Waals surface area contributed by atoms with E-state index in [2.05, 4.69) is 10.1 Å². The molecule has 0 atom stereocenters. The number of alkyl halides is 3. The molecule has 0 saturated carbocycles. The molecule has 1 heterocycles. The van der Waals surface area contributed by atoms with Gasteiger partial charge in [0.25, 0.3) is 5.56 Å². The first-order valence-electron chi connectivity index (χ1n) is 11.6. The van der Waals surface area contributed by atoms with Crippen LogP contribution in [0, 0.1) is 0 Å². The van der Waals surface area contributed by atoms with E-state index >= 15 is 0 Å². The van der Waals surface area contributed by atoms with Crippen LogP contribution in [0.4, 0.5) is 13.2 Å². The third-order valence-corrected chi connectivity index (χ3v) is 6.55. The van der Waals surface area contributed by atoms with Crippen LogP contribution in [-0.4, -0.2) is 15.9 Å². The van der Waals surface area contributed by atoms with Gasteiger partial charge in [0.2, 0.25) is 0 Å². The van der Waals surface area contributed by atoms with E-state index in [0.29, 0.717) is 26.9 Å². The second-order valence-corrected chi connectivity index (χ2v) is 9.28. The lowest BCUT2D eigenvalue weighted by molar-refractivity contribution is -0.137. The molecule has 5 rings (SSSR count). The van der Waals surface area contributed by atoms with Crippen LogP contribution in [0.15, 0.2) is 101 Å². The van der Waals surface area contributed by atoms with Crippen molar-refractivity contribution in [3.63, 3.8) is 0 Å². The van der Waals surface area contributed by atoms with Crippen LogP contribution in [0.1, 0.15) is 16.7 Å². The van der Waals surface area contributed by atoms with Crippen LogP contribution in [0.5, 0.6) is 5.75 Å². The van der Waals surface area contributed by atoms with Crippen LogP contribution in [0.3, 0.4) is 0 Å². The smallest absolute Gasteiger partial charge is 0.416 e. The minimum atomic E-state index is -4.56. The molecule has 0 amide bonds. The fourth-order valence-corrected chi connectivity index (χ4v) is 4.20. The van der Waals surface area contributed by atoms with Crippen molar-refractivity contribution in [3.8, 4) is 17.1 Å². The third kappa shape index (κ3) is 5.82. The largest absolute Gasteiger partial charge is 0.488 e. The summed E-state index contributed by atoms with van der Waals surface area (Å²) < 4.78 is 47.2. The Morgan fingerprint density at radius 3 is 2.46 bits per heavy atom. The van der Waals surface area contributed by atoms with Gasteiger partial charge in [0.15, 0.2) is 5.82 Å². The molecule has 5 aromatic rings. The lowest BCUT2D eigenvalue weighted by Crippen LogP contribution is -2.20. The number of benzene rings is 4. The number of ether oxygens (including phenoxy) is 1. The standard InChI is InChI=1S/C29H18Cl2F3N3O2/c30-23-13-12-18(14-24(23)31)17-39-26-11-4-1-6-20(26)16-35-37-27(19-7-5-8-21(15-19)29(32,33)34)36-25-10-3-2-9-22(25)28(37)38/h1-16H,17H2. The lowest BCUT2D eigenvalue weighted by Gasteiger charge is -2.12. The second kappa shape index (κ2) is 10.9. The highest BCUT2D eigenvalue weighted by Crippen LogP contribution is 2.32.